The SMILES string of the molecule is COc1cc(C)cc(C)c1.Cc1cc(C)cc(OC(C)(C)C)c1.Cc1cc(C)cc(OC(C)C)c1.Cc1cc(C)cc(OCC(C)(C)C)c1.Cc1ccc(OC(C)(C)C)cc1.Cc1ccc(OC(C)C)cc1.Cc1ccc(OCC(C)(C)C)cc1. The first-order valence-electron chi connectivity index (χ1n) is 30.2. The van der Waals surface area contributed by atoms with Gasteiger partial charge in [-0.25, -0.2) is 0 Å². The van der Waals surface area contributed by atoms with Gasteiger partial charge in [0.25, 0.3) is 0 Å². The number of rotatable bonds is 11. The molecule has 7 aromatic carbocycles. The Hall–Kier alpha value is -6.86. The molecule has 7 rings (SSSR count). The molecule has 0 amide bonds. The van der Waals surface area contributed by atoms with Gasteiger partial charge in [-0.3, -0.25) is 0 Å². The highest BCUT2D eigenvalue weighted by atomic mass is 16.5. The second kappa shape index (κ2) is 36.9. The van der Waals surface area contributed by atoms with E-state index in [1.807, 2.05) is 97.0 Å². The lowest BCUT2D eigenvalue weighted by molar-refractivity contribution is 0.130. The molecule has 0 N–H and O–H groups in total. The van der Waals surface area contributed by atoms with Crippen molar-refractivity contribution in [3.63, 3.8) is 0 Å². The summed E-state index contributed by atoms with van der Waals surface area (Å²) in [6, 6.07) is 49.4. The quantitative estimate of drug-likeness (QED) is 0.128. The zero-order valence-corrected chi connectivity index (χ0v) is 58.3. The van der Waals surface area contributed by atoms with Crippen LogP contribution in [0.15, 0.2) is 146 Å². The minimum atomic E-state index is -0.111. The molecule has 0 aliphatic rings. The smallest absolute Gasteiger partial charge is 0.120 e. The first kappa shape index (κ1) is 76.2. The van der Waals surface area contributed by atoms with Crippen molar-refractivity contribution in [2.45, 2.75) is 210 Å². The fourth-order valence-electron chi connectivity index (χ4n) is 7.77. The van der Waals surface area contributed by atoms with Crippen LogP contribution in [0, 0.1) is 87.0 Å². The van der Waals surface area contributed by atoms with Gasteiger partial charge in [-0.2, -0.15) is 0 Å². The first-order valence-corrected chi connectivity index (χ1v) is 30.2. The van der Waals surface area contributed by atoms with Gasteiger partial charge >= 0.3 is 0 Å². The fraction of sp³-hybridized carbons (Fsp3) is 0.462. The third-order valence-electron chi connectivity index (χ3n) is 11.0. The second-order valence-corrected chi connectivity index (χ2v) is 27.4. The second-order valence-electron chi connectivity index (χ2n) is 27.4. The van der Waals surface area contributed by atoms with Gasteiger partial charge in [0.05, 0.1) is 32.5 Å². The van der Waals surface area contributed by atoms with E-state index in [1.54, 1.807) is 7.11 Å². The van der Waals surface area contributed by atoms with Crippen LogP contribution in [-0.4, -0.2) is 43.7 Å². The lowest BCUT2D eigenvalue weighted by Gasteiger charge is -2.21. The molecule has 0 heterocycles. The number of aryl methyl sites for hydroxylation is 11. The zero-order chi connectivity index (χ0) is 64.9. The average Bonchev–Trinajstić information content (AvgIpc) is 3.48. The molecule has 0 bridgehead atoms. The Morgan fingerprint density at radius 1 is 0.271 bits per heavy atom. The summed E-state index contributed by atoms with van der Waals surface area (Å²) >= 11 is 0. The van der Waals surface area contributed by atoms with E-state index in [2.05, 4.69) is 236 Å². The molecular formula is C78H114O7. The van der Waals surface area contributed by atoms with E-state index in [9.17, 15) is 0 Å². The van der Waals surface area contributed by atoms with Crippen molar-refractivity contribution < 1.29 is 33.2 Å². The molecule has 0 radical (unpaired) electrons. The highest BCUT2D eigenvalue weighted by molar-refractivity contribution is 5.36. The van der Waals surface area contributed by atoms with E-state index < -0.39 is 0 Å². The van der Waals surface area contributed by atoms with Crippen LogP contribution in [0.5, 0.6) is 40.2 Å². The van der Waals surface area contributed by atoms with Crippen LogP contribution >= 0.6 is 0 Å². The van der Waals surface area contributed by atoms with Crippen LogP contribution in [0.3, 0.4) is 0 Å². The molecule has 0 saturated heterocycles. The molecule has 0 aliphatic carbocycles. The predicted molar refractivity (Wildman–Crippen MR) is 366 cm³/mol. The Morgan fingerprint density at radius 3 is 0.812 bits per heavy atom. The van der Waals surface area contributed by atoms with Crippen LogP contribution in [-0.2, 0) is 0 Å². The van der Waals surface area contributed by atoms with Crippen molar-refractivity contribution in [3.8, 4) is 40.2 Å². The van der Waals surface area contributed by atoms with Crippen LogP contribution in [0.4, 0.5) is 0 Å². The van der Waals surface area contributed by atoms with Crippen LogP contribution in [0.2, 0.25) is 0 Å². The number of hydrogen-bond donors (Lipinski definition) is 0. The van der Waals surface area contributed by atoms with E-state index in [0.717, 1.165) is 53.5 Å². The molecule has 0 fully saturated rings. The molecule has 7 nitrogen and oxygen atoms in total. The molecule has 85 heavy (non-hydrogen) atoms. The number of ether oxygens (including phenoxy) is 7. The number of benzene rings is 7. The van der Waals surface area contributed by atoms with E-state index in [0.29, 0.717) is 0 Å². The minimum absolute atomic E-state index is 0.102. The number of methoxy groups -OCH3 is 1. The van der Waals surface area contributed by atoms with Crippen molar-refractivity contribution in [2.24, 2.45) is 10.8 Å². The maximum atomic E-state index is 5.76. The Labute approximate surface area is 519 Å². The van der Waals surface area contributed by atoms with Crippen LogP contribution in [0.25, 0.3) is 0 Å². The summed E-state index contributed by atoms with van der Waals surface area (Å²) in [6.45, 7) is 57.9. The lowest BCUT2D eigenvalue weighted by atomic mass is 9.99. The fourth-order valence-corrected chi connectivity index (χ4v) is 7.77. The largest absolute Gasteiger partial charge is 0.497 e. The van der Waals surface area contributed by atoms with Gasteiger partial charge < -0.3 is 33.2 Å². The topological polar surface area (TPSA) is 64.6 Å². The molecule has 468 valence electrons. The van der Waals surface area contributed by atoms with Crippen molar-refractivity contribution in [1.82, 2.24) is 0 Å². The summed E-state index contributed by atoms with van der Waals surface area (Å²) in [4.78, 5) is 0. The van der Waals surface area contributed by atoms with Gasteiger partial charge in [0.1, 0.15) is 51.4 Å². The molecule has 7 heteroatoms. The summed E-state index contributed by atoms with van der Waals surface area (Å²) in [6.07, 6.45) is 0.518. The standard InChI is InChI=1S/C13H20O.2C12H18O.2C11H16O.C10H14O.C9H12O/c1-10-6-11(2)8-12(7-10)14-9-13(3,4)5;1-9-6-10(2)8-11(7-9)13-12(3,4)5;1-10-5-7-11(8-6-10)13-9-12(2,3)4;1-8(2)12-11-6-9(3)5-10(4)7-11;1-9-5-7-10(8-6-9)12-11(2,3)4;1-8(2)11-10-6-4-9(3)5-7-10;1-7-4-8(2)6-9(5-7)10-3/h6-8H,9H2,1-5H3;6-8H,1-5H3;5-8H,9H2,1-4H3;2*5-8H,1-4H3;4-8H,1-3H3;4-6H,1-3H3. The maximum absolute atomic E-state index is 5.76. The molecule has 0 aliphatic heterocycles. The van der Waals surface area contributed by atoms with E-state index in [1.165, 1.54) is 61.2 Å². The van der Waals surface area contributed by atoms with Gasteiger partial charge in [-0.1, -0.05) is 119 Å². The Kier molecular flexibility index (Phi) is 33.0. The highest BCUT2D eigenvalue weighted by Crippen LogP contribution is 2.24. The summed E-state index contributed by atoms with van der Waals surface area (Å²) in [5.74, 6) is 6.71. The Morgan fingerprint density at radius 2 is 0.518 bits per heavy atom. The molecule has 0 atom stereocenters. The molecule has 7 aromatic rings. The van der Waals surface area contributed by atoms with Gasteiger partial charge in [0.15, 0.2) is 0 Å². The first-order chi connectivity index (χ1) is 39.2. The van der Waals surface area contributed by atoms with Gasteiger partial charge in [-0.15, -0.1) is 0 Å². The molecule has 0 spiro atoms. The van der Waals surface area contributed by atoms with Crippen LogP contribution in [0.1, 0.15) is 172 Å². The molecule has 0 saturated carbocycles. The Bertz CT molecular complexity index is 2860. The van der Waals surface area contributed by atoms with E-state index >= 15 is 0 Å². The average molecular weight is 1160 g/mol. The molecule has 0 aromatic heterocycles. The summed E-state index contributed by atoms with van der Waals surface area (Å²) in [5.41, 5.74) is 14.0. The third-order valence-corrected chi connectivity index (χ3v) is 11.0. The predicted octanol–water partition coefficient (Wildman–Crippen LogP) is 22.0. The van der Waals surface area contributed by atoms with Crippen molar-refractivity contribution in [2.75, 3.05) is 20.3 Å². The molecule has 0 unspecified atom stereocenters. The summed E-state index contributed by atoms with van der Waals surface area (Å²) < 4.78 is 38.9. The normalized spacial score (nSPS) is 10.9. The van der Waals surface area contributed by atoms with Crippen molar-refractivity contribution >= 4 is 0 Å². The maximum Gasteiger partial charge on any atom is 0.120 e. The van der Waals surface area contributed by atoms with Crippen LogP contribution < -0.4 is 33.2 Å². The van der Waals surface area contributed by atoms with Crippen molar-refractivity contribution in [3.05, 3.63) is 207 Å². The highest BCUT2D eigenvalue weighted by Gasteiger charge is 2.14. The third kappa shape index (κ3) is 40.9. The number of hydrogen-bond acceptors (Lipinski definition) is 7. The van der Waals surface area contributed by atoms with E-state index in [4.69, 9.17) is 33.2 Å². The minimum Gasteiger partial charge on any atom is -0.497 e. The van der Waals surface area contributed by atoms with Gasteiger partial charge in [0, 0.05) is 0 Å². The summed E-state index contributed by atoms with van der Waals surface area (Å²) in [7, 11) is 1.69. The monoisotopic (exact) mass is 1160 g/mol. The zero-order valence-electron chi connectivity index (χ0n) is 58.3. The van der Waals surface area contributed by atoms with Gasteiger partial charge in [0.2, 0.25) is 0 Å². The van der Waals surface area contributed by atoms with Gasteiger partial charge in [-0.05, 0) is 286 Å². The Balaban J connectivity index is 0.000000497. The molecular weight excluding hydrogens is 1050 g/mol. The lowest BCUT2D eigenvalue weighted by Crippen LogP contribution is -2.22. The summed E-state index contributed by atoms with van der Waals surface area (Å²) in [5, 5.41) is 0. The van der Waals surface area contributed by atoms with Crippen molar-refractivity contribution in [1.29, 1.82) is 0 Å². The van der Waals surface area contributed by atoms with E-state index in [-0.39, 0.29) is 34.2 Å².